The summed E-state index contributed by atoms with van der Waals surface area (Å²) in [5.74, 6) is 1.23. The lowest BCUT2D eigenvalue weighted by Gasteiger charge is -2.10. The lowest BCUT2D eigenvalue weighted by atomic mass is 10.1. The molecule has 1 aromatic heterocycles. The van der Waals surface area contributed by atoms with E-state index in [0.717, 1.165) is 22.2 Å². The number of aryl methyl sites for hydroxylation is 1. The molecular formula is C19H19N3O2. The summed E-state index contributed by atoms with van der Waals surface area (Å²) < 4.78 is 5.33. The highest BCUT2D eigenvalue weighted by Crippen LogP contribution is 2.18. The van der Waals surface area contributed by atoms with Gasteiger partial charge in [0.25, 0.3) is 5.91 Å². The number of nitrogens with zero attached hydrogens (tertiary/aromatic N) is 2. The summed E-state index contributed by atoms with van der Waals surface area (Å²) in [5, 5.41) is 3.70. The molecule has 1 amide bonds. The quantitative estimate of drug-likeness (QED) is 0.785. The molecule has 1 heterocycles. The Morgan fingerprint density at radius 3 is 2.67 bits per heavy atom. The number of methoxy groups -OCH3 is 1. The number of amides is 1. The zero-order valence-corrected chi connectivity index (χ0v) is 13.7. The summed E-state index contributed by atoms with van der Waals surface area (Å²) in [4.78, 5) is 21.2. The van der Waals surface area contributed by atoms with Crippen molar-refractivity contribution in [2.75, 3.05) is 13.7 Å². The number of hydrogen-bond donors (Lipinski definition) is 1. The first-order valence-corrected chi connectivity index (χ1v) is 7.82. The summed E-state index contributed by atoms with van der Waals surface area (Å²) >= 11 is 0. The van der Waals surface area contributed by atoms with Gasteiger partial charge in [0.1, 0.15) is 17.3 Å². The molecule has 2 aromatic carbocycles. The average Bonchev–Trinajstić information content (AvgIpc) is 2.61. The van der Waals surface area contributed by atoms with Gasteiger partial charge < -0.3 is 10.1 Å². The van der Waals surface area contributed by atoms with Crippen LogP contribution in [0, 0.1) is 6.92 Å². The summed E-state index contributed by atoms with van der Waals surface area (Å²) in [7, 11) is 1.65. The van der Waals surface area contributed by atoms with Gasteiger partial charge in [-0.3, -0.25) is 4.79 Å². The van der Waals surface area contributed by atoms with Crippen molar-refractivity contribution in [3.05, 3.63) is 65.6 Å². The molecule has 0 radical (unpaired) electrons. The number of nitrogens with one attached hydrogen (secondary N) is 1. The number of rotatable bonds is 5. The molecule has 1 N–H and O–H groups in total. The smallest absolute Gasteiger partial charge is 0.270 e. The molecule has 0 aliphatic rings. The Hall–Kier alpha value is -2.95. The number of para-hydroxylation sites is 2. The van der Waals surface area contributed by atoms with Crippen molar-refractivity contribution >= 4 is 16.8 Å². The Morgan fingerprint density at radius 1 is 1.08 bits per heavy atom. The van der Waals surface area contributed by atoms with E-state index in [0.29, 0.717) is 24.5 Å². The third-order valence-electron chi connectivity index (χ3n) is 3.80. The van der Waals surface area contributed by atoms with E-state index in [4.69, 9.17) is 4.74 Å². The first kappa shape index (κ1) is 15.9. The van der Waals surface area contributed by atoms with Gasteiger partial charge in [-0.2, -0.15) is 0 Å². The summed E-state index contributed by atoms with van der Waals surface area (Å²) in [5.41, 5.74) is 2.25. The Labute approximate surface area is 140 Å². The number of carbonyl (C=O) groups is 1. The lowest BCUT2D eigenvalue weighted by Crippen LogP contribution is -2.27. The highest BCUT2D eigenvalue weighted by molar-refractivity contribution is 6.04. The van der Waals surface area contributed by atoms with Crippen LogP contribution in [0.3, 0.4) is 0 Å². The molecule has 122 valence electrons. The fourth-order valence-corrected chi connectivity index (χ4v) is 2.67. The molecule has 0 aliphatic carbocycles. The summed E-state index contributed by atoms with van der Waals surface area (Å²) in [6.45, 7) is 2.30. The predicted octanol–water partition coefficient (Wildman–Crippen LogP) is 2.92. The standard InChI is InChI=1S/C19H19N3O2/c1-13-21-16-9-5-4-8-15(16)18(22-13)19(23)20-12-11-14-7-3-6-10-17(14)24-2/h3-10H,11-12H2,1-2H3,(H,20,23). The van der Waals surface area contributed by atoms with Gasteiger partial charge in [0.2, 0.25) is 0 Å². The van der Waals surface area contributed by atoms with Crippen molar-refractivity contribution in [2.24, 2.45) is 0 Å². The topological polar surface area (TPSA) is 64.1 Å². The van der Waals surface area contributed by atoms with E-state index in [-0.39, 0.29) is 5.91 Å². The van der Waals surface area contributed by atoms with Crippen molar-refractivity contribution in [3.8, 4) is 5.75 Å². The van der Waals surface area contributed by atoms with Crippen LogP contribution >= 0.6 is 0 Å². The van der Waals surface area contributed by atoms with E-state index in [2.05, 4.69) is 15.3 Å². The summed E-state index contributed by atoms with van der Waals surface area (Å²) in [6.07, 6.45) is 0.692. The molecule has 0 saturated heterocycles. The van der Waals surface area contributed by atoms with Crippen molar-refractivity contribution in [3.63, 3.8) is 0 Å². The monoisotopic (exact) mass is 321 g/mol. The number of hydrogen-bond acceptors (Lipinski definition) is 4. The van der Waals surface area contributed by atoms with Crippen LogP contribution in [-0.2, 0) is 6.42 Å². The number of aromatic nitrogens is 2. The van der Waals surface area contributed by atoms with Gasteiger partial charge >= 0.3 is 0 Å². The molecule has 0 aliphatic heterocycles. The Balaban J connectivity index is 1.74. The maximum Gasteiger partial charge on any atom is 0.270 e. The van der Waals surface area contributed by atoms with Crippen LogP contribution in [0.4, 0.5) is 0 Å². The van der Waals surface area contributed by atoms with Crippen molar-refractivity contribution in [2.45, 2.75) is 13.3 Å². The number of ether oxygens (including phenoxy) is 1. The predicted molar refractivity (Wildman–Crippen MR) is 93.3 cm³/mol. The van der Waals surface area contributed by atoms with Crippen molar-refractivity contribution in [1.82, 2.24) is 15.3 Å². The van der Waals surface area contributed by atoms with E-state index in [1.165, 1.54) is 0 Å². The van der Waals surface area contributed by atoms with E-state index in [1.54, 1.807) is 14.0 Å². The fourth-order valence-electron chi connectivity index (χ4n) is 2.67. The summed E-state index contributed by atoms with van der Waals surface area (Å²) in [6, 6.07) is 15.3. The second kappa shape index (κ2) is 7.08. The molecule has 0 bridgehead atoms. The van der Waals surface area contributed by atoms with Gasteiger partial charge in [-0.15, -0.1) is 0 Å². The largest absolute Gasteiger partial charge is 0.496 e. The number of fused-ring (bicyclic) bond motifs is 1. The molecule has 0 fully saturated rings. The molecule has 3 aromatic rings. The Bertz CT molecular complexity index is 877. The minimum absolute atomic E-state index is 0.188. The van der Waals surface area contributed by atoms with Crippen LogP contribution in [0.25, 0.3) is 10.9 Å². The molecule has 24 heavy (non-hydrogen) atoms. The molecular weight excluding hydrogens is 302 g/mol. The maximum atomic E-state index is 12.5. The molecule has 0 unspecified atom stereocenters. The molecule has 5 heteroatoms. The lowest BCUT2D eigenvalue weighted by molar-refractivity contribution is 0.0950. The fraction of sp³-hybridized carbons (Fsp3) is 0.211. The number of carbonyl (C=O) groups excluding carboxylic acids is 1. The van der Waals surface area contributed by atoms with Crippen LogP contribution in [0.1, 0.15) is 21.9 Å². The van der Waals surface area contributed by atoms with Crippen LogP contribution in [-0.4, -0.2) is 29.5 Å². The first-order valence-electron chi connectivity index (χ1n) is 7.82. The minimum Gasteiger partial charge on any atom is -0.496 e. The van der Waals surface area contributed by atoms with Crippen molar-refractivity contribution in [1.29, 1.82) is 0 Å². The second-order valence-corrected chi connectivity index (χ2v) is 5.45. The van der Waals surface area contributed by atoms with Crippen molar-refractivity contribution < 1.29 is 9.53 Å². The van der Waals surface area contributed by atoms with Gasteiger partial charge in [-0.1, -0.05) is 36.4 Å². The normalized spacial score (nSPS) is 10.6. The third kappa shape index (κ3) is 3.35. The Morgan fingerprint density at radius 2 is 1.83 bits per heavy atom. The van der Waals surface area contributed by atoms with E-state index < -0.39 is 0 Å². The molecule has 0 spiro atoms. The zero-order chi connectivity index (χ0) is 16.9. The first-order chi connectivity index (χ1) is 11.7. The Kier molecular flexibility index (Phi) is 4.70. The van der Waals surface area contributed by atoms with Gasteiger partial charge in [0.15, 0.2) is 0 Å². The third-order valence-corrected chi connectivity index (χ3v) is 3.80. The molecule has 3 rings (SSSR count). The van der Waals surface area contributed by atoms with Crippen LogP contribution in [0.15, 0.2) is 48.5 Å². The zero-order valence-electron chi connectivity index (χ0n) is 13.7. The molecule has 0 saturated carbocycles. The van der Waals surface area contributed by atoms with E-state index in [1.807, 2.05) is 48.5 Å². The van der Waals surface area contributed by atoms with Gasteiger partial charge in [-0.05, 0) is 31.0 Å². The van der Waals surface area contributed by atoms with Crippen LogP contribution in [0.2, 0.25) is 0 Å². The average molecular weight is 321 g/mol. The highest BCUT2D eigenvalue weighted by atomic mass is 16.5. The van der Waals surface area contributed by atoms with Crippen LogP contribution in [0.5, 0.6) is 5.75 Å². The van der Waals surface area contributed by atoms with E-state index in [9.17, 15) is 4.79 Å². The number of benzene rings is 2. The van der Waals surface area contributed by atoms with E-state index >= 15 is 0 Å². The second-order valence-electron chi connectivity index (χ2n) is 5.45. The molecule has 0 atom stereocenters. The van der Waals surface area contributed by atoms with Gasteiger partial charge in [-0.25, -0.2) is 9.97 Å². The van der Waals surface area contributed by atoms with Crippen LogP contribution < -0.4 is 10.1 Å². The molecule has 5 nitrogen and oxygen atoms in total. The van der Waals surface area contributed by atoms with Gasteiger partial charge in [0, 0.05) is 11.9 Å². The van der Waals surface area contributed by atoms with Gasteiger partial charge in [0.05, 0.1) is 12.6 Å². The highest BCUT2D eigenvalue weighted by Gasteiger charge is 2.13. The minimum atomic E-state index is -0.188. The maximum absolute atomic E-state index is 12.5. The SMILES string of the molecule is COc1ccccc1CCNC(=O)c1nc(C)nc2ccccc12.